The second kappa shape index (κ2) is 14.5. The molecule has 0 aromatic heterocycles. The van der Waals surface area contributed by atoms with E-state index in [0.717, 1.165) is 6.42 Å². The molecule has 4 amide bonds. The van der Waals surface area contributed by atoms with E-state index in [4.69, 9.17) is 10.8 Å². The second-order valence-corrected chi connectivity index (χ2v) is 8.98. The largest absolute Gasteiger partial charge is 0.508 e. The van der Waals surface area contributed by atoms with E-state index >= 15 is 0 Å². The van der Waals surface area contributed by atoms with Crippen LogP contribution in [0.15, 0.2) is 24.3 Å². The summed E-state index contributed by atoms with van der Waals surface area (Å²) < 4.78 is 0. The summed E-state index contributed by atoms with van der Waals surface area (Å²) in [5, 5.41) is 38.1. The Morgan fingerprint density at radius 1 is 0.895 bits per heavy atom. The van der Waals surface area contributed by atoms with E-state index in [2.05, 4.69) is 21.3 Å². The van der Waals surface area contributed by atoms with Gasteiger partial charge in [-0.15, -0.1) is 0 Å². The van der Waals surface area contributed by atoms with Crippen molar-refractivity contribution in [1.29, 1.82) is 0 Å². The molecule has 1 aliphatic heterocycles. The molecule has 0 radical (unpaired) electrons. The molecule has 9 N–H and O–H groups in total. The Balaban J connectivity index is 2.23. The lowest BCUT2D eigenvalue weighted by atomic mass is 10.0. The van der Waals surface area contributed by atoms with Crippen molar-refractivity contribution in [2.24, 2.45) is 5.73 Å². The van der Waals surface area contributed by atoms with E-state index in [1.165, 1.54) is 24.3 Å². The molecule has 4 unspecified atom stereocenters. The summed E-state index contributed by atoms with van der Waals surface area (Å²) in [5.74, 6) is -5.58. The van der Waals surface area contributed by atoms with Gasteiger partial charge in [0.25, 0.3) is 0 Å². The van der Waals surface area contributed by atoms with Gasteiger partial charge in [0.05, 0.1) is 6.04 Å². The van der Waals surface area contributed by atoms with Crippen LogP contribution < -0.4 is 27.0 Å². The van der Waals surface area contributed by atoms with Gasteiger partial charge in [-0.1, -0.05) is 12.1 Å². The van der Waals surface area contributed by atoms with Crippen molar-refractivity contribution >= 4 is 35.6 Å². The Morgan fingerprint density at radius 3 is 2.05 bits per heavy atom. The first-order valence-corrected chi connectivity index (χ1v) is 12.1. The van der Waals surface area contributed by atoms with Crippen LogP contribution in [0, 0.1) is 0 Å². The molecule has 1 aromatic carbocycles. The summed E-state index contributed by atoms with van der Waals surface area (Å²) in [4.78, 5) is 72.7. The number of benzene rings is 1. The number of carbonyl (C=O) groups is 6. The van der Waals surface area contributed by atoms with Gasteiger partial charge < -0.3 is 42.3 Å². The second-order valence-electron chi connectivity index (χ2n) is 8.98. The fraction of sp³-hybridized carbons (Fsp3) is 0.500. The molecule has 14 heteroatoms. The summed E-state index contributed by atoms with van der Waals surface area (Å²) >= 11 is 0. The standard InChI is InChI=1S/C24H33N5O9/c25-19(31)9-7-16(27-21(34)15-2-1-11-26-15)22(35)29-18(12-13-3-5-14(30)6-4-13)23(36)28-17(24(37)38)8-10-20(32)33/h3-6,15-18,26,30H,1-2,7-12H2,(H2,25,31)(H,27,34)(H,28,36)(H,29,35)(H,32,33)(H,37,38). The number of phenols is 1. The summed E-state index contributed by atoms with van der Waals surface area (Å²) in [5.41, 5.74) is 5.72. The highest BCUT2D eigenvalue weighted by molar-refractivity contribution is 5.94. The van der Waals surface area contributed by atoms with Gasteiger partial charge in [-0.2, -0.15) is 0 Å². The predicted octanol–water partition coefficient (Wildman–Crippen LogP) is -1.64. The van der Waals surface area contributed by atoms with Crippen LogP contribution in [0.1, 0.15) is 44.1 Å². The molecule has 1 saturated heterocycles. The number of aromatic hydroxyl groups is 1. The van der Waals surface area contributed by atoms with Gasteiger partial charge in [0.1, 0.15) is 23.9 Å². The number of hydrogen-bond donors (Lipinski definition) is 8. The van der Waals surface area contributed by atoms with E-state index in [9.17, 15) is 39.0 Å². The number of carboxylic acids is 2. The normalized spacial score (nSPS) is 17.0. The van der Waals surface area contributed by atoms with Crippen LogP contribution in [0.2, 0.25) is 0 Å². The minimum atomic E-state index is -1.53. The van der Waals surface area contributed by atoms with Crippen molar-refractivity contribution in [3.8, 4) is 5.75 Å². The highest BCUT2D eigenvalue weighted by Gasteiger charge is 2.32. The molecule has 4 atom stereocenters. The van der Waals surface area contributed by atoms with E-state index < -0.39 is 66.2 Å². The topological polar surface area (TPSA) is 237 Å². The van der Waals surface area contributed by atoms with Crippen molar-refractivity contribution in [2.45, 2.75) is 69.1 Å². The number of nitrogens with two attached hydrogens (primary N) is 1. The van der Waals surface area contributed by atoms with Gasteiger partial charge in [0.15, 0.2) is 0 Å². The van der Waals surface area contributed by atoms with Crippen LogP contribution in [0.25, 0.3) is 0 Å². The summed E-state index contributed by atoms with van der Waals surface area (Å²) in [7, 11) is 0. The SMILES string of the molecule is NC(=O)CCC(NC(=O)C1CCCN1)C(=O)NC(Cc1ccc(O)cc1)C(=O)NC(CCC(=O)O)C(=O)O. The van der Waals surface area contributed by atoms with E-state index in [0.29, 0.717) is 18.5 Å². The van der Waals surface area contributed by atoms with Gasteiger partial charge >= 0.3 is 11.9 Å². The first-order chi connectivity index (χ1) is 18.0. The number of aliphatic carboxylic acids is 2. The summed E-state index contributed by atoms with van der Waals surface area (Å²) in [6, 6.07) is 1.13. The molecule has 1 aliphatic rings. The van der Waals surface area contributed by atoms with E-state index in [1.54, 1.807) is 0 Å². The van der Waals surface area contributed by atoms with Gasteiger partial charge in [-0.3, -0.25) is 24.0 Å². The molecule has 38 heavy (non-hydrogen) atoms. The van der Waals surface area contributed by atoms with Gasteiger partial charge in [-0.25, -0.2) is 4.79 Å². The van der Waals surface area contributed by atoms with Crippen molar-refractivity contribution in [3.63, 3.8) is 0 Å². The highest BCUT2D eigenvalue weighted by atomic mass is 16.4. The molecule has 1 heterocycles. The van der Waals surface area contributed by atoms with Crippen LogP contribution >= 0.6 is 0 Å². The Kier molecular flexibility index (Phi) is 11.5. The number of amides is 4. The molecule has 0 saturated carbocycles. The fourth-order valence-electron chi connectivity index (χ4n) is 3.88. The lowest BCUT2D eigenvalue weighted by Crippen LogP contribution is -2.57. The molecule has 14 nitrogen and oxygen atoms in total. The monoisotopic (exact) mass is 535 g/mol. The number of phenolic OH excluding ortho intramolecular Hbond substituents is 1. The van der Waals surface area contributed by atoms with Gasteiger partial charge in [0, 0.05) is 19.3 Å². The third-order valence-corrected chi connectivity index (χ3v) is 5.96. The molecule has 1 aromatic rings. The Labute approximate surface area is 218 Å². The molecule has 1 fully saturated rings. The molecular formula is C24H33N5O9. The summed E-state index contributed by atoms with van der Waals surface area (Å²) in [6.45, 7) is 0.637. The zero-order chi connectivity index (χ0) is 28.2. The lowest BCUT2D eigenvalue weighted by Gasteiger charge is -2.25. The van der Waals surface area contributed by atoms with Crippen LogP contribution in [-0.4, -0.2) is 81.6 Å². The van der Waals surface area contributed by atoms with Gasteiger partial charge in [0.2, 0.25) is 23.6 Å². The van der Waals surface area contributed by atoms with Crippen molar-refractivity contribution in [1.82, 2.24) is 21.3 Å². The first kappa shape index (κ1) is 30.0. The number of primary amides is 1. The summed E-state index contributed by atoms with van der Waals surface area (Å²) in [6.07, 6.45) is -0.0357. The van der Waals surface area contributed by atoms with E-state index in [-0.39, 0.29) is 31.4 Å². The number of carboxylic acid groups (broad SMARTS) is 2. The van der Waals surface area contributed by atoms with Crippen LogP contribution in [0.3, 0.4) is 0 Å². The minimum absolute atomic E-state index is 0.0341. The average molecular weight is 536 g/mol. The molecule has 0 aliphatic carbocycles. The molecule has 0 spiro atoms. The first-order valence-electron chi connectivity index (χ1n) is 12.1. The van der Waals surface area contributed by atoms with Crippen molar-refractivity contribution in [2.75, 3.05) is 6.54 Å². The number of carbonyl (C=O) groups excluding carboxylic acids is 4. The number of rotatable bonds is 15. The smallest absolute Gasteiger partial charge is 0.326 e. The predicted molar refractivity (Wildman–Crippen MR) is 132 cm³/mol. The maximum Gasteiger partial charge on any atom is 0.326 e. The third-order valence-electron chi connectivity index (χ3n) is 5.96. The maximum absolute atomic E-state index is 13.2. The Hall–Kier alpha value is -4.20. The minimum Gasteiger partial charge on any atom is -0.508 e. The molecular weight excluding hydrogens is 502 g/mol. The van der Waals surface area contributed by atoms with Crippen LogP contribution in [0.4, 0.5) is 0 Å². The average Bonchev–Trinajstić information content (AvgIpc) is 3.39. The maximum atomic E-state index is 13.2. The zero-order valence-electron chi connectivity index (χ0n) is 20.6. The zero-order valence-corrected chi connectivity index (χ0v) is 20.6. The van der Waals surface area contributed by atoms with E-state index in [1.807, 2.05) is 0 Å². The Bertz CT molecular complexity index is 1020. The molecule has 2 rings (SSSR count). The highest BCUT2D eigenvalue weighted by Crippen LogP contribution is 2.13. The van der Waals surface area contributed by atoms with Crippen molar-refractivity contribution < 1.29 is 44.1 Å². The lowest BCUT2D eigenvalue weighted by molar-refractivity contribution is -0.143. The Morgan fingerprint density at radius 2 is 1.50 bits per heavy atom. The van der Waals surface area contributed by atoms with Crippen LogP contribution in [-0.2, 0) is 35.2 Å². The number of nitrogens with one attached hydrogen (secondary N) is 4. The number of hydrogen-bond acceptors (Lipinski definition) is 8. The van der Waals surface area contributed by atoms with Crippen molar-refractivity contribution in [3.05, 3.63) is 29.8 Å². The third kappa shape index (κ3) is 10.0. The molecule has 0 bridgehead atoms. The quantitative estimate of drug-likeness (QED) is 0.127. The van der Waals surface area contributed by atoms with Gasteiger partial charge in [-0.05, 0) is 49.9 Å². The fourth-order valence-corrected chi connectivity index (χ4v) is 3.88. The molecule has 208 valence electrons. The van der Waals surface area contributed by atoms with Crippen LogP contribution in [0.5, 0.6) is 5.75 Å².